The van der Waals surface area contributed by atoms with Crippen LogP contribution >= 0.6 is 0 Å². The van der Waals surface area contributed by atoms with Gasteiger partial charge in [-0.3, -0.25) is 19.5 Å². The SMILES string of the molecule is COC(=O)[C@H]1[C@H]2C[C@@H]3c4[nH]c5cc(OC)ccc5c4CCN3C[C@H]2C[C@@H](OC(=O)c2cc(OC)c(OC(=O)Cc3cccnc3)c(OC)c2)[C@@H]1OC. The number of aromatic amines is 1. The molecule has 2 fully saturated rings. The van der Waals surface area contributed by atoms with Crippen molar-refractivity contribution in [3.05, 3.63) is 77.2 Å². The van der Waals surface area contributed by atoms with Crippen LogP contribution in [-0.4, -0.2) is 93.6 Å². The van der Waals surface area contributed by atoms with E-state index in [1.807, 2.05) is 12.1 Å². The number of ether oxygens (including phenoxy) is 7. The van der Waals surface area contributed by atoms with Gasteiger partial charge in [0.2, 0.25) is 5.75 Å². The summed E-state index contributed by atoms with van der Waals surface area (Å²) in [5.74, 6) is -1.24. The van der Waals surface area contributed by atoms with E-state index in [-0.39, 0.29) is 47.1 Å². The minimum absolute atomic E-state index is 0.0239. The van der Waals surface area contributed by atoms with Crippen molar-refractivity contribution in [1.82, 2.24) is 14.9 Å². The molecule has 4 aromatic rings. The summed E-state index contributed by atoms with van der Waals surface area (Å²) < 4.78 is 39.7. The molecule has 52 heavy (non-hydrogen) atoms. The molecule has 2 aliphatic heterocycles. The lowest BCUT2D eigenvalue weighted by Gasteiger charge is -2.52. The lowest BCUT2D eigenvalue weighted by atomic mass is 9.63. The van der Waals surface area contributed by atoms with Crippen molar-refractivity contribution in [2.45, 2.75) is 43.9 Å². The van der Waals surface area contributed by atoms with Crippen molar-refractivity contribution in [1.29, 1.82) is 0 Å². The molecule has 13 heteroatoms. The molecule has 0 spiro atoms. The van der Waals surface area contributed by atoms with E-state index >= 15 is 0 Å². The fourth-order valence-electron chi connectivity index (χ4n) is 8.48. The summed E-state index contributed by atoms with van der Waals surface area (Å²) in [5.41, 5.74) is 4.31. The zero-order valence-electron chi connectivity index (χ0n) is 29.9. The first kappa shape index (κ1) is 35.3. The fourth-order valence-corrected chi connectivity index (χ4v) is 8.48. The van der Waals surface area contributed by atoms with Crippen molar-refractivity contribution in [2.75, 3.05) is 48.6 Å². The number of aromatic nitrogens is 2. The van der Waals surface area contributed by atoms with E-state index in [1.165, 1.54) is 57.2 Å². The summed E-state index contributed by atoms with van der Waals surface area (Å²) in [6, 6.07) is 12.6. The van der Waals surface area contributed by atoms with Gasteiger partial charge in [0, 0.05) is 55.3 Å². The number of methoxy groups -OCH3 is 5. The number of benzene rings is 2. The van der Waals surface area contributed by atoms with E-state index in [1.54, 1.807) is 31.6 Å². The van der Waals surface area contributed by atoms with Crippen LogP contribution in [0.2, 0.25) is 0 Å². The second-order valence-electron chi connectivity index (χ2n) is 13.5. The molecule has 0 bridgehead atoms. The molecule has 7 rings (SSSR count). The van der Waals surface area contributed by atoms with Gasteiger partial charge in [-0.05, 0) is 72.6 Å². The number of hydrogen-bond acceptors (Lipinski definition) is 12. The standard InChI is InChI=1S/C39H43N3O10/c1-46-24-8-9-25-26-10-12-42-20-23-16-32(37(49-4)34(39(45)50-5)27(23)18-29(42)35(26)41-28(25)17-24)51-38(44)22-14-30(47-2)36(31(15-22)48-3)52-33(43)13-21-7-6-11-40-19-21/h6-9,11,14-15,17,19,23,27,29,32,34,37,41H,10,12-13,16,18,20H2,1-5H3/t23-,27+,29-,32-,34+,37+/m1/s1. The molecule has 1 saturated carbocycles. The highest BCUT2D eigenvalue weighted by atomic mass is 16.6. The van der Waals surface area contributed by atoms with Gasteiger partial charge in [0.05, 0.1) is 52.4 Å². The van der Waals surface area contributed by atoms with E-state index in [2.05, 4.69) is 20.9 Å². The Balaban J connectivity index is 1.12. The maximum absolute atomic E-state index is 13.8. The quantitative estimate of drug-likeness (QED) is 0.179. The molecule has 4 heterocycles. The average Bonchev–Trinajstić information content (AvgIpc) is 3.55. The highest BCUT2D eigenvalue weighted by Crippen LogP contribution is 2.51. The molecule has 0 unspecified atom stereocenters. The molecule has 6 atom stereocenters. The third-order valence-electron chi connectivity index (χ3n) is 10.8. The maximum Gasteiger partial charge on any atom is 0.338 e. The maximum atomic E-state index is 13.8. The van der Waals surface area contributed by atoms with Crippen molar-refractivity contribution < 1.29 is 47.5 Å². The molecule has 1 aliphatic carbocycles. The third-order valence-corrected chi connectivity index (χ3v) is 10.8. The molecule has 0 amide bonds. The van der Waals surface area contributed by atoms with Gasteiger partial charge >= 0.3 is 17.9 Å². The summed E-state index contributed by atoms with van der Waals surface area (Å²) in [6.45, 7) is 1.60. The van der Waals surface area contributed by atoms with Gasteiger partial charge < -0.3 is 38.1 Å². The number of H-pyrrole nitrogens is 1. The molecule has 1 saturated heterocycles. The number of rotatable bonds is 10. The minimum Gasteiger partial charge on any atom is -0.497 e. The van der Waals surface area contributed by atoms with Gasteiger partial charge in [0.15, 0.2) is 11.5 Å². The molecule has 2 aromatic carbocycles. The normalized spacial score (nSPS) is 23.8. The summed E-state index contributed by atoms with van der Waals surface area (Å²) in [5, 5.41) is 1.19. The van der Waals surface area contributed by atoms with Crippen LogP contribution in [0.25, 0.3) is 10.9 Å². The Morgan fingerprint density at radius 3 is 2.42 bits per heavy atom. The largest absolute Gasteiger partial charge is 0.497 e. The first-order valence-electron chi connectivity index (χ1n) is 17.4. The lowest BCUT2D eigenvalue weighted by Crippen LogP contribution is -2.58. The van der Waals surface area contributed by atoms with Crippen molar-refractivity contribution in [3.63, 3.8) is 0 Å². The summed E-state index contributed by atoms with van der Waals surface area (Å²) in [4.78, 5) is 50.4. The third kappa shape index (κ3) is 6.54. The summed E-state index contributed by atoms with van der Waals surface area (Å²) in [7, 11) is 7.37. The number of carbonyl (C=O) groups is 3. The van der Waals surface area contributed by atoms with Gasteiger partial charge in [-0.25, -0.2) is 4.79 Å². The predicted octanol–water partition coefficient (Wildman–Crippen LogP) is 4.71. The van der Waals surface area contributed by atoms with Gasteiger partial charge in [-0.2, -0.15) is 0 Å². The Labute approximate surface area is 301 Å². The number of nitrogens with one attached hydrogen (secondary N) is 1. The van der Waals surface area contributed by atoms with Crippen molar-refractivity contribution in [3.8, 4) is 23.0 Å². The molecule has 0 radical (unpaired) electrons. The topological polar surface area (TPSA) is 148 Å². The number of pyridine rings is 1. The second-order valence-corrected chi connectivity index (χ2v) is 13.5. The zero-order chi connectivity index (χ0) is 36.5. The van der Waals surface area contributed by atoms with Crippen LogP contribution in [0.15, 0.2) is 54.9 Å². The van der Waals surface area contributed by atoms with E-state index in [9.17, 15) is 14.4 Å². The molecular weight excluding hydrogens is 670 g/mol. The van der Waals surface area contributed by atoms with Crippen LogP contribution in [0.3, 0.4) is 0 Å². The van der Waals surface area contributed by atoms with Crippen molar-refractivity contribution >= 4 is 28.8 Å². The number of carbonyl (C=O) groups excluding carboxylic acids is 3. The van der Waals surface area contributed by atoms with E-state index in [0.717, 1.165) is 37.2 Å². The Kier molecular flexibility index (Phi) is 10.1. The number of esters is 3. The fraction of sp³-hybridized carbons (Fsp3) is 0.436. The van der Waals surface area contributed by atoms with E-state index < -0.39 is 36.0 Å². The molecular formula is C39H43N3O10. The number of nitrogens with zero attached hydrogens (tertiary/aromatic N) is 2. The van der Waals surface area contributed by atoms with Crippen LogP contribution in [0, 0.1) is 17.8 Å². The Hall–Kier alpha value is -5.14. The van der Waals surface area contributed by atoms with Crippen LogP contribution in [0.4, 0.5) is 0 Å². The van der Waals surface area contributed by atoms with Crippen LogP contribution in [0.5, 0.6) is 23.0 Å². The second kappa shape index (κ2) is 14.8. The first-order valence-corrected chi connectivity index (χ1v) is 17.4. The zero-order valence-corrected chi connectivity index (χ0v) is 29.9. The Morgan fingerprint density at radius 2 is 1.75 bits per heavy atom. The monoisotopic (exact) mass is 713 g/mol. The molecule has 13 nitrogen and oxygen atoms in total. The minimum atomic E-state index is -0.741. The van der Waals surface area contributed by atoms with Crippen molar-refractivity contribution in [2.24, 2.45) is 17.8 Å². The number of hydrogen-bond donors (Lipinski definition) is 1. The smallest absolute Gasteiger partial charge is 0.338 e. The van der Waals surface area contributed by atoms with Gasteiger partial charge in [-0.1, -0.05) is 6.07 Å². The molecule has 2 aromatic heterocycles. The lowest BCUT2D eigenvalue weighted by molar-refractivity contribution is -0.176. The summed E-state index contributed by atoms with van der Waals surface area (Å²) in [6.07, 6.45) is 3.81. The Bertz CT molecular complexity index is 1940. The van der Waals surface area contributed by atoms with Crippen LogP contribution in [-0.2, 0) is 36.6 Å². The highest BCUT2D eigenvalue weighted by Gasteiger charge is 2.54. The van der Waals surface area contributed by atoms with Gasteiger partial charge in [0.25, 0.3) is 0 Å². The average molecular weight is 714 g/mol. The highest BCUT2D eigenvalue weighted by molar-refractivity contribution is 5.92. The predicted molar refractivity (Wildman–Crippen MR) is 188 cm³/mol. The first-order chi connectivity index (χ1) is 25.3. The van der Waals surface area contributed by atoms with E-state index in [4.69, 9.17) is 33.2 Å². The molecule has 1 N–H and O–H groups in total. The summed E-state index contributed by atoms with van der Waals surface area (Å²) >= 11 is 0. The van der Waals surface area contributed by atoms with Crippen LogP contribution in [0.1, 0.15) is 46.1 Å². The van der Waals surface area contributed by atoms with Gasteiger partial charge in [-0.15, -0.1) is 0 Å². The van der Waals surface area contributed by atoms with E-state index in [0.29, 0.717) is 12.0 Å². The van der Waals surface area contributed by atoms with Crippen LogP contribution < -0.4 is 18.9 Å². The molecule has 274 valence electrons. The molecule has 3 aliphatic rings. The number of fused-ring (bicyclic) bond motifs is 6. The number of piperidine rings is 1. The van der Waals surface area contributed by atoms with Gasteiger partial charge in [0.1, 0.15) is 18.0 Å². The Morgan fingerprint density at radius 1 is 0.962 bits per heavy atom.